The van der Waals surface area contributed by atoms with Gasteiger partial charge in [0, 0.05) is 32.0 Å². The van der Waals surface area contributed by atoms with Crippen LogP contribution in [0.4, 0.5) is 0 Å². The maximum Gasteiger partial charge on any atom is 0.243 e. The number of hydrogen-bond donors (Lipinski definition) is 4. The molecule has 8 heteroatoms. The summed E-state index contributed by atoms with van der Waals surface area (Å²) in [5.41, 5.74) is 2.88. The number of H-pyrrole nitrogens is 1. The highest BCUT2D eigenvalue weighted by molar-refractivity contribution is 5.92. The summed E-state index contributed by atoms with van der Waals surface area (Å²) in [7, 11) is 1.63. The minimum atomic E-state index is -0.721. The van der Waals surface area contributed by atoms with E-state index < -0.39 is 18.1 Å². The molecule has 8 nitrogen and oxygen atoms in total. The number of amides is 3. The van der Waals surface area contributed by atoms with E-state index in [1.165, 1.54) is 4.90 Å². The quantitative estimate of drug-likeness (QED) is 0.566. The molecule has 0 saturated carbocycles. The molecule has 1 aromatic carbocycles. The number of fused-ring (bicyclic) bond motifs is 2. The number of benzene rings is 1. The maximum atomic E-state index is 13.4. The molecule has 3 rings (SSSR count). The first-order valence-corrected chi connectivity index (χ1v) is 11.5. The second-order valence-electron chi connectivity index (χ2n) is 9.19. The number of aromatic amines is 1. The fourth-order valence-electron chi connectivity index (χ4n) is 3.95. The highest BCUT2D eigenvalue weighted by Crippen LogP contribution is 2.12. The van der Waals surface area contributed by atoms with Crippen LogP contribution < -0.4 is 16.0 Å². The normalized spacial score (nSPS) is 23.0. The van der Waals surface area contributed by atoms with Crippen LogP contribution in [0.1, 0.15) is 44.0 Å². The van der Waals surface area contributed by atoms with Gasteiger partial charge in [-0.25, -0.2) is 0 Å². The summed E-state index contributed by atoms with van der Waals surface area (Å²) in [4.78, 5) is 43.9. The van der Waals surface area contributed by atoms with Crippen LogP contribution in [0.15, 0.2) is 42.6 Å². The molecule has 0 saturated heterocycles. The predicted octanol–water partition coefficient (Wildman–Crippen LogP) is 1.72. The van der Waals surface area contributed by atoms with E-state index in [9.17, 15) is 14.4 Å². The van der Waals surface area contributed by atoms with E-state index in [2.05, 4.69) is 20.9 Å². The van der Waals surface area contributed by atoms with Gasteiger partial charge in [0.15, 0.2) is 0 Å². The molecule has 0 fully saturated rings. The molecule has 3 atom stereocenters. The largest absolute Gasteiger partial charge is 0.364 e. The predicted molar refractivity (Wildman–Crippen MR) is 127 cm³/mol. The van der Waals surface area contributed by atoms with Crippen molar-refractivity contribution in [1.29, 1.82) is 0 Å². The molecule has 1 aromatic heterocycles. The number of carbonyl (C=O) groups is 3. The van der Waals surface area contributed by atoms with Gasteiger partial charge >= 0.3 is 0 Å². The van der Waals surface area contributed by atoms with E-state index in [-0.39, 0.29) is 23.6 Å². The van der Waals surface area contributed by atoms with Gasteiger partial charge < -0.3 is 20.5 Å². The van der Waals surface area contributed by atoms with Gasteiger partial charge in [-0.2, -0.15) is 0 Å². The Balaban J connectivity index is 1.88. The van der Waals surface area contributed by atoms with E-state index in [4.69, 9.17) is 0 Å². The van der Waals surface area contributed by atoms with Crippen LogP contribution in [0, 0.1) is 5.92 Å². The third kappa shape index (κ3) is 6.68. The van der Waals surface area contributed by atoms with E-state index in [1.807, 2.05) is 56.4 Å². The Hall–Kier alpha value is -3.13. The number of hydrogen-bond acceptors (Lipinski definition) is 4. The molecule has 1 aliphatic rings. The molecular weight excluding hydrogens is 418 g/mol. The zero-order chi connectivity index (χ0) is 24.0. The van der Waals surface area contributed by atoms with Gasteiger partial charge in [0.05, 0.1) is 6.04 Å². The topological polar surface area (TPSA) is 106 Å². The zero-order valence-electron chi connectivity index (χ0n) is 19.9. The second-order valence-corrected chi connectivity index (χ2v) is 9.19. The van der Waals surface area contributed by atoms with Crippen LogP contribution in [0.3, 0.4) is 0 Å². The minimum absolute atomic E-state index is 0.173. The van der Waals surface area contributed by atoms with Crippen LogP contribution >= 0.6 is 0 Å². The van der Waals surface area contributed by atoms with Crippen molar-refractivity contribution >= 4 is 17.7 Å². The van der Waals surface area contributed by atoms with Gasteiger partial charge in [0.1, 0.15) is 12.1 Å². The highest BCUT2D eigenvalue weighted by Gasteiger charge is 2.31. The van der Waals surface area contributed by atoms with E-state index >= 15 is 0 Å². The molecule has 0 spiro atoms. The van der Waals surface area contributed by atoms with Crippen molar-refractivity contribution in [3.63, 3.8) is 0 Å². The monoisotopic (exact) mass is 453 g/mol. The van der Waals surface area contributed by atoms with Crippen molar-refractivity contribution in [3.05, 3.63) is 59.4 Å². The molecular formula is C25H35N5O3. The summed E-state index contributed by atoms with van der Waals surface area (Å²) in [6, 6.07) is 9.89. The van der Waals surface area contributed by atoms with Crippen LogP contribution in [0.5, 0.6) is 0 Å². The van der Waals surface area contributed by atoms with Gasteiger partial charge in [-0.1, -0.05) is 44.2 Å². The summed E-state index contributed by atoms with van der Waals surface area (Å²) < 4.78 is 0. The number of carbonyl (C=O) groups excluding carboxylic acids is 3. The van der Waals surface area contributed by atoms with Crippen molar-refractivity contribution < 1.29 is 14.4 Å². The lowest BCUT2D eigenvalue weighted by Crippen LogP contribution is -2.56. The number of likely N-dealkylation sites (N-methyl/N-ethyl adjacent to an activating group) is 1. The van der Waals surface area contributed by atoms with Gasteiger partial charge in [0.25, 0.3) is 0 Å². The molecule has 2 aromatic rings. The zero-order valence-corrected chi connectivity index (χ0v) is 19.9. The molecule has 0 unspecified atom stereocenters. The van der Waals surface area contributed by atoms with Gasteiger partial charge in [0.2, 0.25) is 17.7 Å². The van der Waals surface area contributed by atoms with Crippen molar-refractivity contribution in [2.75, 3.05) is 7.05 Å². The first-order valence-electron chi connectivity index (χ1n) is 11.5. The summed E-state index contributed by atoms with van der Waals surface area (Å²) in [6.45, 7) is 6.52. The minimum Gasteiger partial charge on any atom is -0.364 e. The first-order chi connectivity index (χ1) is 15.7. The van der Waals surface area contributed by atoms with Gasteiger partial charge in [-0.05, 0) is 42.9 Å². The highest BCUT2D eigenvalue weighted by atomic mass is 16.2. The van der Waals surface area contributed by atoms with E-state index in [1.54, 1.807) is 14.0 Å². The summed E-state index contributed by atoms with van der Waals surface area (Å²) in [6.07, 6.45) is 2.86. The summed E-state index contributed by atoms with van der Waals surface area (Å²) in [5, 5.41) is 9.14. The maximum absolute atomic E-state index is 13.4. The second kappa shape index (κ2) is 11.1. The van der Waals surface area contributed by atoms with Crippen molar-refractivity contribution in [2.24, 2.45) is 5.92 Å². The van der Waals surface area contributed by atoms with Crippen LogP contribution in [0.2, 0.25) is 0 Å². The summed E-state index contributed by atoms with van der Waals surface area (Å²) in [5.74, 6) is -0.525. The smallest absolute Gasteiger partial charge is 0.243 e. The lowest BCUT2D eigenvalue weighted by Gasteiger charge is -2.30. The van der Waals surface area contributed by atoms with Crippen molar-refractivity contribution in [3.8, 4) is 0 Å². The third-order valence-corrected chi connectivity index (χ3v) is 6.04. The van der Waals surface area contributed by atoms with Crippen LogP contribution in [-0.4, -0.2) is 52.8 Å². The number of rotatable bonds is 4. The van der Waals surface area contributed by atoms with Gasteiger partial charge in [-0.3, -0.25) is 19.7 Å². The fourth-order valence-corrected chi connectivity index (χ4v) is 3.95. The molecule has 2 heterocycles. The lowest BCUT2D eigenvalue weighted by molar-refractivity contribution is -0.141. The SMILES string of the molecule is CC(C)C[C@@H]1NC(=O)[C@H](C)N(C)C(=O)[C@H](Cc2ccccc2)NCc2cc(c[nH]2)CNC1=O. The van der Waals surface area contributed by atoms with E-state index in [0.29, 0.717) is 25.9 Å². The fraction of sp³-hybridized carbons (Fsp3) is 0.480. The average molecular weight is 454 g/mol. The molecule has 4 N–H and O–H groups in total. The molecule has 3 amide bonds. The molecule has 178 valence electrons. The Kier molecular flexibility index (Phi) is 8.27. The van der Waals surface area contributed by atoms with Crippen molar-refractivity contribution in [1.82, 2.24) is 25.8 Å². The third-order valence-electron chi connectivity index (χ3n) is 6.04. The van der Waals surface area contributed by atoms with Crippen LogP contribution in [0.25, 0.3) is 0 Å². The molecule has 33 heavy (non-hydrogen) atoms. The Bertz CT molecular complexity index is 956. The molecule has 2 bridgehead atoms. The number of nitrogens with zero attached hydrogens (tertiary/aromatic N) is 1. The van der Waals surface area contributed by atoms with Crippen LogP contribution in [-0.2, 0) is 33.9 Å². The standard InChI is InChI=1S/C25H35N5O3/c1-16(2)10-21-24(32)28-14-19-11-20(26-13-19)15-27-22(12-18-8-6-5-7-9-18)25(33)30(4)17(3)23(31)29-21/h5-9,11,13,16-17,21-22,26-27H,10,12,14-15H2,1-4H3,(H,28,32)(H,29,31)/t17-,21-,22-/m0/s1. The Morgan fingerprint density at radius 2 is 1.76 bits per heavy atom. The number of aromatic nitrogens is 1. The van der Waals surface area contributed by atoms with E-state index in [0.717, 1.165) is 16.8 Å². The molecule has 0 aliphatic carbocycles. The summed E-state index contributed by atoms with van der Waals surface area (Å²) >= 11 is 0. The average Bonchev–Trinajstić information content (AvgIpc) is 3.25. The van der Waals surface area contributed by atoms with Crippen molar-refractivity contribution in [2.45, 2.75) is 64.8 Å². The lowest BCUT2D eigenvalue weighted by atomic mass is 10.0. The molecule has 1 aliphatic heterocycles. The number of nitrogens with one attached hydrogen (secondary N) is 4. The van der Waals surface area contributed by atoms with Gasteiger partial charge in [-0.15, -0.1) is 0 Å². The first kappa shape index (κ1) is 24.5. The Morgan fingerprint density at radius 3 is 2.45 bits per heavy atom. The Labute approximate surface area is 195 Å². The Morgan fingerprint density at radius 1 is 1.03 bits per heavy atom. The molecule has 0 radical (unpaired) electrons.